The lowest BCUT2D eigenvalue weighted by Crippen LogP contribution is -2.24. The molecule has 12 heteroatoms. The zero-order valence-electron chi connectivity index (χ0n) is 18.1. The lowest BCUT2D eigenvalue weighted by Gasteiger charge is -2.14. The van der Waals surface area contributed by atoms with Gasteiger partial charge in [-0.25, -0.2) is 14.2 Å². The Morgan fingerprint density at radius 3 is 2.38 bits per heavy atom. The summed E-state index contributed by atoms with van der Waals surface area (Å²) in [5.41, 5.74) is 2.27. The molecule has 0 fully saturated rings. The fourth-order valence-electron chi connectivity index (χ4n) is 3.24. The molecule has 12 nitrogen and oxygen atoms in total. The summed E-state index contributed by atoms with van der Waals surface area (Å²) in [4.78, 5) is 23.7. The van der Waals surface area contributed by atoms with Crippen LogP contribution in [-0.2, 0) is 16.1 Å². The molecular formula is C22H22N6O6. The number of carboxylic acids is 1. The third-order valence-corrected chi connectivity index (χ3v) is 4.81. The predicted octanol–water partition coefficient (Wildman–Crippen LogP) is 1.73. The van der Waals surface area contributed by atoms with Crippen LogP contribution < -0.4 is 4.74 Å². The summed E-state index contributed by atoms with van der Waals surface area (Å²) in [5.74, 6) is -1.13. The van der Waals surface area contributed by atoms with Crippen molar-refractivity contribution in [3.8, 4) is 34.0 Å². The van der Waals surface area contributed by atoms with E-state index in [9.17, 15) is 14.7 Å². The standard InChI is InChI=1S/C22H20N6O5.H2O/c1-2-20(28-12-19(24-26-28)14-5-3-7-16(29)9-14)22(32)33-17-8-4-6-15(10-17)18-11-27(25-23-18)13-21(30)31;/h3-12,20,29H,2,13H2,1H3,(H,30,31);1H2. The number of rotatable bonds is 8. The van der Waals surface area contributed by atoms with Gasteiger partial charge in [-0.1, -0.05) is 41.6 Å². The minimum Gasteiger partial charge on any atom is -0.508 e. The SMILES string of the molecule is CCC(C(=O)Oc1cccc(-c2cn(CC(=O)O)nn2)c1)n1cc(-c2cccc(O)c2)nn1.O. The first-order valence-electron chi connectivity index (χ1n) is 10.1. The van der Waals surface area contributed by atoms with Gasteiger partial charge in [0.25, 0.3) is 0 Å². The van der Waals surface area contributed by atoms with Crippen LogP contribution in [-0.4, -0.2) is 57.6 Å². The Balaban J connectivity index is 0.00000324. The highest BCUT2D eigenvalue weighted by molar-refractivity contribution is 5.77. The number of hydrogen-bond donors (Lipinski definition) is 2. The van der Waals surface area contributed by atoms with E-state index in [4.69, 9.17) is 9.84 Å². The second-order valence-corrected chi connectivity index (χ2v) is 7.20. The minimum absolute atomic E-state index is 0. The number of phenolic OH excluding ortho intramolecular Hbond substituents is 1. The molecule has 4 N–H and O–H groups in total. The second kappa shape index (κ2) is 10.4. The van der Waals surface area contributed by atoms with E-state index in [-0.39, 0.29) is 17.8 Å². The second-order valence-electron chi connectivity index (χ2n) is 7.20. The molecule has 176 valence electrons. The summed E-state index contributed by atoms with van der Waals surface area (Å²) < 4.78 is 8.21. The predicted molar refractivity (Wildman–Crippen MR) is 119 cm³/mol. The smallest absolute Gasteiger partial charge is 0.336 e. The molecule has 0 aliphatic rings. The molecular weight excluding hydrogens is 444 g/mol. The lowest BCUT2D eigenvalue weighted by molar-refractivity contribution is -0.139. The molecule has 2 heterocycles. The number of carboxylic acid groups (broad SMARTS) is 1. The summed E-state index contributed by atoms with van der Waals surface area (Å²) in [5, 5.41) is 34.4. The highest BCUT2D eigenvalue weighted by atomic mass is 16.5. The van der Waals surface area contributed by atoms with E-state index in [1.54, 1.807) is 54.7 Å². The number of esters is 1. The van der Waals surface area contributed by atoms with E-state index in [0.717, 1.165) is 0 Å². The number of phenols is 1. The number of aliphatic carboxylic acids is 1. The fourth-order valence-corrected chi connectivity index (χ4v) is 3.24. The average Bonchev–Trinajstić information content (AvgIpc) is 3.44. The number of aromatic hydroxyl groups is 1. The molecule has 2 aromatic carbocycles. The molecule has 0 saturated heterocycles. The van der Waals surface area contributed by atoms with Crippen molar-refractivity contribution in [1.82, 2.24) is 30.0 Å². The van der Waals surface area contributed by atoms with Crippen LogP contribution in [0.25, 0.3) is 22.5 Å². The van der Waals surface area contributed by atoms with Crippen molar-refractivity contribution in [2.75, 3.05) is 0 Å². The zero-order chi connectivity index (χ0) is 23.4. The molecule has 4 aromatic rings. The van der Waals surface area contributed by atoms with Gasteiger partial charge in [0.15, 0.2) is 6.04 Å². The molecule has 0 saturated carbocycles. The molecule has 0 amide bonds. The van der Waals surface area contributed by atoms with Gasteiger partial charge in [0.2, 0.25) is 0 Å². The van der Waals surface area contributed by atoms with Gasteiger partial charge in [0.05, 0.1) is 12.4 Å². The van der Waals surface area contributed by atoms with Gasteiger partial charge in [-0.05, 0) is 30.7 Å². The van der Waals surface area contributed by atoms with Gasteiger partial charge < -0.3 is 20.4 Å². The van der Waals surface area contributed by atoms with Gasteiger partial charge in [-0.3, -0.25) is 4.79 Å². The molecule has 0 aliphatic heterocycles. The Kier molecular flexibility index (Phi) is 7.33. The number of carbonyl (C=O) groups is 2. The number of carbonyl (C=O) groups excluding carboxylic acids is 1. The molecule has 1 atom stereocenters. The molecule has 0 spiro atoms. The summed E-state index contributed by atoms with van der Waals surface area (Å²) in [6.45, 7) is 1.53. The summed E-state index contributed by atoms with van der Waals surface area (Å²) in [7, 11) is 0. The van der Waals surface area contributed by atoms with E-state index in [1.165, 1.54) is 15.6 Å². The molecule has 34 heavy (non-hydrogen) atoms. The Bertz CT molecular complexity index is 1300. The Morgan fingerprint density at radius 2 is 1.68 bits per heavy atom. The average molecular weight is 466 g/mol. The van der Waals surface area contributed by atoms with Crippen molar-refractivity contribution < 1.29 is 30.0 Å². The zero-order valence-corrected chi connectivity index (χ0v) is 18.1. The Morgan fingerprint density at radius 1 is 1.00 bits per heavy atom. The minimum atomic E-state index is -1.03. The largest absolute Gasteiger partial charge is 0.508 e. The molecule has 2 aromatic heterocycles. The van der Waals surface area contributed by atoms with Crippen LogP contribution in [0, 0.1) is 0 Å². The number of benzene rings is 2. The molecule has 0 radical (unpaired) electrons. The monoisotopic (exact) mass is 466 g/mol. The van der Waals surface area contributed by atoms with Crippen molar-refractivity contribution >= 4 is 11.9 Å². The maximum absolute atomic E-state index is 12.9. The quantitative estimate of drug-likeness (QED) is 0.289. The highest BCUT2D eigenvalue weighted by Crippen LogP contribution is 2.25. The van der Waals surface area contributed by atoms with E-state index < -0.39 is 18.0 Å². The van der Waals surface area contributed by atoms with Gasteiger partial charge in [0.1, 0.15) is 29.4 Å². The number of hydrogen-bond acceptors (Lipinski definition) is 8. The lowest BCUT2D eigenvalue weighted by atomic mass is 10.1. The van der Waals surface area contributed by atoms with Gasteiger partial charge in [-0.15, -0.1) is 10.2 Å². The van der Waals surface area contributed by atoms with Crippen LogP contribution in [0.5, 0.6) is 11.5 Å². The van der Waals surface area contributed by atoms with Crippen LogP contribution in [0.4, 0.5) is 0 Å². The number of nitrogens with zero attached hydrogens (tertiary/aromatic N) is 6. The molecule has 1 unspecified atom stereocenters. The van der Waals surface area contributed by atoms with Crippen LogP contribution in [0.2, 0.25) is 0 Å². The van der Waals surface area contributed by atoms with Gasteiger partial charge >= 0.3 is 11.9 Å². The maximum Gasteiger partial charge on any atom is 0.336 e. The third-order valence-electron chi connectivity index (χ3n) is 4.81. The van der Waals surface area contributed by atoms with E-state index in [2.05, 4.69) is 20.6 Å². The Hall–Kier alpha value is -4.58. The van der Waals surface area contributed by atoms with Crippen molar-refractivity contribution in [3.63, 3.8) is 0 Å². The molecule has 0 bridgehead atoms. The van der Waals surface area contributed by atoms with E-state index in [1.807, 2.05) is 6.92 Å². The normalized spacial score (nSPS) is 11.4. The van der Waals surface area contributed by atoms with Crippen molar-refractivity contribution in [1.29, 1.82) is 0 Å². The summed E-state index contributed by atoms with van der Waals surface area (Å²) >= 11 is 0. The topological polar surface area (TPSA) is 177 Å². The van der Waals surface area contributed by atoms with E-state index in [0.29, 0.717) is 34.7 Å². The van der Waals surface area contributed by atoms with Crippen molar-refractivity contribution in [2.24, 2.45) is 0 Å². The summed E-state index contributed by atoms with van der Waals surface area (Å²) in [6.07, 6.45) is 3.55. The molecule has 4 rings (SSSR count). The van der Waals surface area contributed by atoms with Crippen molar-refractivity contribution in [3.05, 3.63) is 60.9 Å². The first-order valence-corrected chi connectivity index (χ1v) is 10.1. The highest BCUT2D eigenvalue weighted by Gasteiger charge is 2.23. The van der Waals surface area contributed by atoms with Crippen LogP contribution in [0.3, 0.4) is 0 Å². The molecule has 0 aliphatic carbocycles. The van der Waals surface area contributed by atoms with Crippen LogP contribution in [0.15, 0.2) is 60.9 Å². The first kappa shape index (κ1) is 24.1. The first-order chi connectivity index (χ1) is 15.9. The summed E-state index contributed by atoms with van der Waals surface area (Å²) in [6, 6.07) is 12.6. The van der Waals surface area contributed by atoms with Crippen molar-refractivity contribution in [2.45, 2.75) is 25.9 Å². The van der Waals surface area contributed by atoms with Crippen LogP contribution in [0.1, 0.15) is 19.4 Å². The number of ether oxygens (including phenoxy) is 1. The fraction of sp³-hybridized carbons (Fsp3) is 0.182. The number of aromatic nitrogens is 6. The van der Waals surface area contributed by atoms with Crippen LogP contribution >= 0.6 is 0 Å². The van der Waals surface area contributed by atoms with Gasteiger partial charge in [-0.2, -0.15) is 0 Å². The third kappa shape index (κ3) is 5.42. The Labute approximate surface area is 193 Å². The van der Waals surface area contributed by atoms with E-state index >= 15 is 0 Å². The van der Waals surface area contributed by atoms with Gasteiger partial charge in [0, 0.05) is 11.1 Å². The maximum atomic E-state index is 12.9.